The van der Waals surface area contributed by atoms with E-state index in [1.807, 2.05) is 19.1 Å². The Morgan fingerprint density at radius 3 is 2.65 bits per heavy atom. The largest absolute Gasteiger partial charge is 0.461 e. The van der Waals surface area contributed by atoms with E-state index in [4.69, 9.17) is 19.7 Å². The fourth-order valence-electron chi connectivity index (χ4n) is 8.40. The molecule has 4 aromatic rings. The number of halogens is 3. The summed E-state index contributed by atoms with van der Waals surface area (Å²) in [6.07, 6.45) is 3.89. The number of benzene rings is 2. The smallest absolute Gasteiger partial charge is 0.319 e. The van der Waals surface area contributed by atoms with Crippen LogP contribution in [0.25, 0.3) is 32.9 Å². The molecule has 0 radical (unpaired) electrons. The van der Waals surface area contributed by atoms with Crippen molar-refractivity contribution < 1.29 is 17.9 Å². The van der Waals surface area contributed by atoms with Gasteiger partial charge in [-0.15, -0.1) is 0 Å². The van der Waals surface area contributed by atoms with E-state index in [1.54, 1.807) is 19.1 Å². The molecule has 0 saturated carbocycles. The standard InChI is InChI=1S/C36H37F3N6O/c1-3-7-28-30-33(31(39)32(41-28)26-9-5-8-21-10-13-27(38)25(4-2)29(21)26)42-35(43-34(30)44-18-23-11-12-24(19-44)40-23)46-20-36-14-6-15-45(36)17-22(37)16-36/h5,8-10,13,22-24,40H,4,6,11-12,14-20H2,1-2H3/t22-,23-,24+,36+/m1/s1. The molecule has 4 aliphatic rings. The van der Waals surface area contributed by atoms with Gasteiger partial charge in [0.05, 0.1) is 10.9 Å². The highest BCUT2D eigenvalue weighted by Gasteiger charge is 2.49. The van der Waals surface area contributed by atoms with Gasteiger partial charge in [-0.2, -0.15) is 9.97 Å². The van der Waals surface area contributed by atoms with Gasteiger partial charge in [0.15, 0.2) is 5.82 Å². The molecule has 0 aliphatic carbocycles. The van der Waals surface area contributed by atoms with Crippen LogP contribution in [0.15, 0.2) is 30.3 Å². The molecular formula is C36H37F3N6O. The lowest BCUT2D eigenvalue weighted by molar-refractivity contribution is 0.107. The minimum Gasteiger partial charge on any atom is -0.461 e. The summed E-state index contributed by atoms with van der Waals surface area (Å²) in [5.74, 6) is 5.64. The highest BCUT2D eigenvalue weighted by molar-refractivity contribution is 6.02. The number of aromatic nitrogens is 3. The lowest BCUT2D eigenvalue weighted by Crippen LogP contribution is -2.51. The number of alkyl halides is 1. The molecule has 0 spiro atoms. The first-order valence-corrected chi connectivity index (χ1v) is 16.4. The summed E-state index contributed by atoms with van der Waals surface area (Å²) in [4.78, 5) is 18.8. The number of ether oxygens (including phenoxy) is 1. The summed E-state index contributed by atoms with van der Waals surface area (Å²) < 4.78 is 53.0. The Kier molecular flexibility index (Phi) is 7.29. The van der Waals surface area contributed by atoms with Gasteiger partial charge in [0, 0.05) is 43.7 Å². The average Bonchev–Trinajstić information content (AvgIpc) is 3.71. The molecule has 4 fully saturated rings. The summed E-state index contributed by atoms with van der Waals surface area (Å²) >= 11 is 0. The third-order valence-corrected chi connectivity index (χ3v) is 10.4. The zero-order valence-corrected chi connectivity index (χ0v) is 26.2. The summed E-state index contributed by atoms with van der Waals surface area (Å²) in [5, 5.41) is 5.51. The van der Waals surface area contributed by atoms with Gasteiger partial charge in [-0.05, 0) is 73.9 Å². The Bertz CT molecular complexity index is 1910. The molecule has 10 heteroatoms. The predicted molar refractivity (Wildman–Crippen MR) is 173 cm³/mol. The molecule has 1 N–H and O–H groups in total. The van der Waals surface area contributed by atoms with Crippen LogP contribution >= 0.6 is 0 Å². The second-order valence-corrected chi connectivity index (χ2v) is 13.2. The molecule has 0 amide bonds. The molecule has 4 saturated heterocycles. The molecule has 0 unspecified atom stereocenters. The second-order valence-electron chi connectivity index (χ2n) is 13.2. The van der Waals surface area contributed by atoms with Crippen LogP contribution in [-0.2, 0) is 6.42 Å². The first kappa shape index (κ1) is 29.5. The highest BCUT2D eigenvalue weighted by atomic mass is 19.1. The van der Waals surface area contributed by atoms with E-state index in [1.165, 1.54) is 6.07 Å². The quantitative estimate of drug-likeness (QED) is 0.265. The molecule has 2 aromatic carbocycles. The van der Waals surface area contributed by atoms with Gasteiger partial charge in [-0.25, -0.2) is 18.2 Å². The number of nitrogens with one attached hydrogen (secondary N) is 1. The number of hydrogen-bond donors (Lipinski definition) is 1. The molecule has 238 valence electrons. The van der Waals surface area contributed by atoms with Gasteiger partial charge >= 0.3 is 6.01 Å². The van der Waals surface area contributed by atoms with Crippen molar-refractivity contribution in [1.29, 1.82) is 0 Å². The Morgan fingerprint density at radius 2 is 1.87 bits per heavy atom. The molecule has 2 aromatic heterocycles. The SMILES string of the molecule is CC#Cc1nc(-c2cccc3ccc(F)c(CC)c23)c(F)c2nc(OC[C@@]34CCCN3C[C@H](F)C4)nc(N3C[C@H]4CC[C@@H](C3)N4)c12. The Morgan fingerprint density at radius 1 is 1.04 bits per heavy atom. The second kappa shape index (κ2) is 11.4. The van der Waals surface area contributed by atoms with Gasteiger partial charge in [0.2, 0.25) is 0 Å². The summed E-state index contributed by atoms with van der Waals surface area (Å²) in [6.45, 7) is 6.48. The van der Waals surface area contributed by atoms with Crippen LogP contribution in [0.3, 0.4) is 0 Å². The normalized spacial score (nSPS) is 25.7. The van der Waals surface area contributed by atoms with Crippen LogP contribution in [0, 0.1) is 23.5 Å². The number of anilines is 1. The number of nitrogens with zero attached hydrogens (tertiary/aromatic N) is 5. The van der Waals surface area contributed by atoms with E-state index in [0.717, 1.165) is 37.6 Å². The molecule has 46 heavy (non-hydrogen) atoms. The fraction of sp³-hybridized carbons (Fsp3) is 0.472. The Balaban J connectivity index is 1.33. The van der Waals surface area contributed by atoms with E-state index in [9.17, 15) is 4.39 Å². The van der Waals surface area contributed by atoms with E-state index in [0.29, 0.717) is 78.0 Å². The molecular weight excluding hydrogens is 589 g/mol. The van der Waals surface area contributed by atoms with E-state index < -0.39 is 17.5 Å². The van der Waals surface area contributed by atoms with Gasteiger partial charge < -0.3 is 15.0 Å². The molecule has 7 nitrogen and oxygen atoms in total. The molecule has 6 heterocycles. The first-order chi connectivity index (χ1) is 22.4. The van der Waals surface area contributed by atoms with Crippen LogP contribution in [0.5, 0.6) is 6.01 Å². The number of pyridine rings is 1. The third-order valence-electron chi connectivity index (χ3n) is 10.4. The van der Waals surface area contributed by atoms with Crippen molar-refractivity contribution in [3.8, 4) is 29.1 Å². The van der Waals surface area contributed by atoms with Crippen molar-refractivity contribution in [3.05, 3.63) is 53.2 Å². The van der Waals surface area contributed by atoms with Gasteiger partial charge in [0.25, 0.3) is 0 Å². The van der Waals surface area contributed by atoms with Crippen molar-refractivity contribution >= 4 is 27.5 Å². The predicted octanol–water partition coefficient (Wildman–Crippen LogP) is 5.95. The number of aryl methyl sites for hydroxylation is 1. The summed E-state index contributed by atoms with van der Waals surface area (Å²) in [5.41, 5.74) is 1.07. The van der Waals surface area contributed by atoms with Crippen LogP contribution in [0.1, 0.15) is 57.2 Å². The molecule has 8 rings (SSSR count). The van der Waals surface area contributed by atoms with Crippen LogP contribution in [0.4, 0.5) is 19.0 Å². The molecule has 2 bridgehead atoms. The van der Waals surface area contributed by atoms with E-state index in [2.05, 4.69) is 27.0 Å². The van der Waals surface area contributed by atoms with Crippen LogP contribution in [-0.4, -0.2) is 76.4 Å². The average molecular weight is 627 g/mol. The topological polar surface area (TPSA) is 66.4 Å². The fourth-order valence-corrected chi connectivity index (χ4v) is 8.40. The first-order valence-electron chi connectivity index (χ1n) is 16.4. The van der Waals surface area contributed by atoms with E-state index >= 15 is 8.78 Å². The maximum absolute atomic E-state index is 17.1. The number of hydrogen-bond acceptors (Lipinski definition) is 7. The zero-order valence-electron chi connectivity index (χ0n) is 26.2. The summed E-state index contributed by atoms with van der Waals surface area (Å²) in [7, 11) is 0. The zero-order chi connectivity index (χ0) is 31.6. The van der Waals surface area contributed by atoms with Gasteiger partial charge in [0.1, 0.15) is 41.3 Å². The molecule has 4 atom stereocenters. The Labute approximate surface area is 266 Å². The lowest BCUT2D eigenvalue weighted by Gasteiger charge is -2.35. The maximum atomic E-state index is 17.1. The minimum absolute atomic E-state index is 0.0570. The lowest BCUT2D eigenvalue weighted by atomic mass is 9.94. The van der Waals surface area contributed by atoms with E-state index in [-0.39, 0.29) is 29.6 Å². The maximum Gasteiger partial charge on any atom is 0.319 e. The van der Waals surface area contributed by atoms with Crippen molar-refractivity contribution in [2.24, 2.45) is 0 Å². The number of fused-ring (bicyclic) bond motifs is 5. The summed E-state index contributed by atoms with van der Waals surface area (Å²) in [6, 6.07) is 9.31. The van der Waals surface area contributed by atoms with Crippen molar-refractivity contribution in [2.45, 2.75) is 76.2 Å². The highest BCUT2D eigenvalue weighted by Crippen LogP contribution is 2.42. The van der Waals surface area contributed by atoms with Gasteiger partial charge in [-0.3, -0.25) is 4.90 Å². The number of rotatable bonds is 6. The molecule has 4 aliphatic heterocycles. The minimum atomic E-state index is -0.895. The monoisotopic (exact) mass is 626 g/mol. The van der Waals surface area contributed by atoms with Crippen LogP contribution < -0.4 is 15.0 Å². The van der Waals surface area contributed by atoms with Crippen LogP contribution in [0.2, 0.25) is 0 Å². The van der Waals surface area contributed by atoms with Crippen molar-refractivity contribution in [1.82, 2.24) is 25.2 Å². The Hall–Kier alpha value is -3.94. The number of piperazine rings is 1. The van der Waals surface area contributed by atoms with Crippen molar-refractivity contribution in [2.75, 3.05) is 37.7 Å². The third kappa shape index (κ3) is 4.78. The van der Waals surface area contributed by atoms with Crippen molar-refractivity contribution in [3.63, 3.8) is 0 Å². The van der Waals surface area contributed by atoms with Gasteiger partial charge in [-0.1, -0.05) is 37.1 Å².